The summed E-state index contributed by atoms with van der Waals surface area (Å²) >= 11 is 21.8. The number of hydrogen-bond acceptors (Lipinski definition) is 4. The van der Waals surface area contributed by atoms with Gasteiger partial charge in [-0.15, -0.1) is 0 Å². The van der Waals surface area contributed by atoms with E-state index in [4.69, 9.17) is 64.6 Å². The summed E-state index contributed by atoms with van der Waals surface area (Å²) in [6, 6.07) is 6.97. The highest BCUT2D eigenvalue weighted by Crippen LogP contribution is 2.49. The van der Waals surface area contributed by atoms with E-state index < -0.39 is 0 Å². The average molecular weight is 368 g/mol. The molecule has 1 aliphatic carbocycles. The summed E-state index contributed by atoms with van der Waals surface area (Å²) in [5.41, 5.74) is 3.62. The van der Waals surface area contributed by atoms with E-state index in [0.29, 0.717) is 29.4 Å². The van der Waals surface area contributed by atoms with E-state index in [-0.39, 0.29) is 0 Å². The lowest BCUT2D eigenvalue weighted by Gasteiger charge is -2.08. The van der Waals surface area contributed by atoms with Gasteiger partial charge in [-0.1, -0.05) is 6.07 Å². The van der Waals surface area contributed by atoms with E-state index in [9.17, 15) is 0 Å². The lowest BCUT2D eigenvalue weighted by Crippen LogP contribution is -1.89. The molecule has 0 N–H and O–H groups in total. The molecular formula is C13H6Cl4O4. The zero-order valence-corrected chi connectivity index (χ0v) is 13.2. The zero-order valence-electron chi connectivity index (χ0n) is 10.2. The maximum atomic E-state index is 5.52. The van der Waals surface area contributed by atoms with Crippen LogP contribution in [0.2, 0.25) is 0 Å². The van der Waals surface area contributed by atoms with Crippen LogP contribution in [0.1, 0.15) is 11.1 Å². The summed E-state index contributed by atoms with van der Waals surface area (Å²) in [6.45, 7) is 0. The molecular weight excluding hydrogens is 362 g/mol. The summed E-state index contributed by atoms with van der Waals surface area (Å²) < 4.78 is 19.1. The Morgan fingerprint density at radius 2 is 1.38 bits per heavy atom. The molecule has 0 bridgehead atoms. The maximum absolute atomic E-state index is 5.52. The predicted octanol–water partition coefficient (Wildman–Crippen LogP) is 5.39. The molecule has 3 rings (SSSR count). The highest BCUT2D eigenvalue weighted by molar-refractivity contribution is 6.11. The molecule has 2 aromatic rings. The van der Waals surface area contributed by atoms with Gasteiger partial charge in [0.2, 0.25) is 0 Å². The Bertz CT molecular complexity index is 705. The molecule has 8 heteroatoms. The van der Waals surface area contributed by atoms with Crippen LogP contribution >= 0.6 is 47.5 Å². The Balaban J connectivity index is 2.19. The standard InChI is InChI=1S/C13H6Cl4O4/c14-18-10-2-1-7-8-5-12(20-16)11(19-15)4-6(8)3-9(7)13(10)21-17/h1-2,4-5H,3H2. The Kier molecular flexibility index (Phi) is 4.13. The van der Waals surface area contributed by atoms with Crippen LogP contribution in [0.25, 0.3) is 11.1 Å². The van der Waals surface area contributed by atoms with Gasteiger partial charge in [0.25, 0.3) is 0 Å². The van der Waals surface area contributed by atoms with Crippen molar-refractivity contribution in [1.29, 1.82) is 0 Å². The van der Waals surface area contributed by atoms with Crippen LogP contribution in [-0.2, 0) is 6.42 Å². The largest absolute Gasteiger partial charge is 0.382 e. The summed E-state index contributed by atoms with van der Waals surface area (Å²) in [5.74, 6) is 1.33. The molecule has 0 atom stereocenters. The minimum absolute atomic E-state index is 0.310. The van der Waals surface area contributed by atoms with Crippen molar-refractivity contribution in [2.75, 3.05) is 0 Å². The smallest absolute Gasteiger partial charge is 0.194 e. The Hall–Kier alpha value is -1.20. The fourth-order valence-corrected chi connectivity index (χ4v) is 3.02. The van der Waals surface area contributed by atoms with E-state index in [1.54, 1.807) is 18.2 Å². The second kappa shape index (κ2) is 5.89. The van der Waals surface area contributed by atoms with Gasteiger partial charge in [-0.25, -0.2) is 0 Å². The molecule has 0 aromatic heterocycles. The fraction of sp³-hybridized carbons (Fsp3) is 0.0769. The Morgan fingerprint density at radius 1 is 0.714 bits per heavy atom. The van der Waals surface area contributed by atoms with Gasteiger partial charge in [0.15, 0.2) is 23.0 Å². The van der Waals surface area contributed by atoms with Crippen LogP contribution in [0, 0.1) is 0 Å². The number of rotatable bonds is 4. The van der Waals surface area contributed by atoms with Crippen molar-refractivity contribution in [2.45, 2.75) is 6.42 Å². The molecule has 0 aliphatic heterocycles. The van der Waals surface area contributed by atoms with Gasteiger partial charge in [-0.3, -0.25) is 0 Å². The zero-order chi connectivity index (χ0) is 15.0. The third-order valence-corrected chi connectivity index (χ3v) is 4.03. The monoisotopic (exact) mass is 366 g/mol. The Morgan fingerprint density at radius 3 is 2.00 bits per heavy atom. The summed E-state index contributed by atoms with van der Waals surface area (Å²) in [5, 5.41) is 0. The molecule has 21 heavy (non-hydrogen) atoms. The number of fused-ring (bicyclic) bond motifs is 3. The van der Waals surface area contributed by atoms with Crippen molar-refractivity contribution in [3.05, 3.63) is 35.4 Å². The first-order chi connectivity index (χ1) is 10.2. The molecule has 0 saturated heterocycles. The lowest BCUT2D eigenvalue weighted by atomic mass is 10.0. The first-order valence-electron chi connectivity index (χ1n) is 5.71. The van der Waals surface area contributed by atoms with Crippen molar-refractivity contribution < 1.29 is 17.2 Å². The van der Waals surface area contributed by atoms with Crippen LogP contribution in [0.5, 0.6) is 23.0 Å². The molecule has 0 fully saturated rings. The maximum Gasteiger partial charge on any atom is 0.194 e. The third-order valence-electron chi connectivity index (χ3n) is 3.38. The van der Waals surface area contributed by atoms with Crippen molar-refractivity contribution in [1.82, 2.24) is 0 Å². The van der Waals surface area contributed by atoms with E-state index in [0.717, 1.165) is 22.3 Å². The molecule has 0 heterocycles. The van der Waals surface area contributed by atoms with Gasteiger partial charge in [-0.05, 0) is 34.9 Å². The number of halogens is 4. The molecule has 0 saturated carbocycles. The van der Waals surface area contributed by atoms with Gasteiger partial charge in [-0.2, -0.15) is 0 Å². The Labute approximate surface area is 140 Å². The fourth-order valence-electron chi connectivity index (χ4n) is 2.49. The van der Waals surface area contributed by atoms with E-state index in [2.05, 4.69) is 0 Å². The summed E-state index contributed by atoms with van der Waals surface area (Å²) in [6.07, 6.45) is 0.552. The molecule has 0 unspecified atom stereocenters. The van der Waals surface area contributed by atoms with Crippen molar-refractivity contribution in [3.63, 3.8) is 0 Å². The van der Waals surface area contributed by atoms with Gasteiger partial charge >= 0.3 is 0 Å². The molecule has 1 aliphatic rings. The van der Waals surface area contributed by atoms with E-state index >= 15 is 0 Å². The quantitative estimate of drug-likeness (QED) is 0.619. The molecule has 2 aromatic carbocycles. The molecule has 0 amide bonds. The first kappa shape index (κ1) is 14.7. The van der Waals surface area contributed by atoms with Gasteiger partial charge in [0.1, 0.15) is 47.5 Å². The highest BCUT2D eigenvalue weighted by Gasteiger charge is 2.27. The topological polar surface area (TPSA) is 36.9 Å². The van der Waals surface area contributed by atoms with Crippen LogP contribution in [-0.4, -0.2) is 0 Å². The second-order valence-corrected chi connectivity index (χ2v) is 4.98. The van der Waals surface area contributed by atoms with Gasteiger partial charge < -0.3 is 17.2 Å². The minimum atomic E-state index is 0.310. The second-order valence-electron chi connectivity index (χ2n) is 4.36. The molecule has 110 valence electrons. The number of benzene rings is 2. The van der Waals surface area contributed by atoms with Gasteiger partial charge in [0.05, 0.1) is 0 Å². The average Bonchev–Trinajstić information content (AvgIpc) is 2.89. The van der Waals surface area contributed by atoms with E-state index in [1.807, 2.05) is 6.07 Å². The third kappa shape index (κ3) is 2.32. The van der Waals surface area contributed by atoms with Crippen LogP contribution in [0.4, 0.5) is 0 Å². The molecule has 0 spiro atoms. The first-order valence-corrected chi connectivity index (χ1v) is 6.94. The normalized spacial score (nSPS) is 11.6. The highest BCUT2D eigenvalue weighted by atomic mass is 35.5. The van der Waals surface area contributed by atoms with Crippen molar-refractivity contribution in [3.8, 4) is 34.1 Å². The van der Waals surface area contributed by atoms with Crippen molar-refractivity contribution in [2.24, 2.45) is 0 Å². The summed E-state index contributed by atoms with van der Waals surface area (Å²) in [4.78, 5) is 0. The summed E-state index contributed by atoms with van der Waals surface area (Å²) in [7, 11) is 0. The minimum Gasteiger partial charge on any atom is -0.382 e. The van der Waals surface area contributed by atoms with E-state index in [1.165, 1.54) is 0 Å². The SMILES string of the molecule is ClOc1cc2c(cc1OCl)-c1ccc(OCl)c(OCl)c1C2. The van der Waals surface area contributed by atoms with Crippen LogP contribution in [0.3, 0.4) is 0 Å². The lowest BCUT2D eigenvalue weighted by molar-refractivity contribution is 0.539. The van der Waals surface area contributed by atoms with Gasteiger partial charge in [0, 0.05) is 12.0 Å². The van der Waals surface area contributed by atoms with Crippen LogP contribution in [0.15, 0.2) is 24.3 Å². The van der Waals surface area contributed by atoms with Crippen LogP contribution < -0.4 is 17.2 Å². The molecule has 0 radical (unpaired) electrons. The molecule has 4 nitrogen and oxygen atoms in total. The number of hydrogen-bond donors (Lipinski definition) is 0. The predicted molar refractivity (Wildman–Crippen MR) is 80.6 cm³/mol. The van der Waals surface area contributed by atoms with Crippen molar-refractivity contribution >= 4 is 47.5 Å².